The van der Waals surface area contributed by atoms with Crippen LogP contribution in [0.1, 0.15) is 10.6 Å². The van der Waals surface area contributed by atoms with E-state index in [1.807, 2.05) is 47.4 Å². The molecule has 0 radical (unpaired) electrons. The smallest absolute Gasteiger partial charge is 0.290 e. The third-order valence-corrected chi connectivity index (χ3v) is 4.88. The van der Waals surface area contributed by atoms with Crippen LogP contribution in [0.25, 0.3) is 11.3 Å². The fourth-order valence-electron chi connectivity index (χ4n) is 3.31. The first-order valence-corrected chi connectivity index (χ1v) is 9.53. The number of hydrogen-bond donors (Lipinski definition) is 1. The number of aromatic nitrogens is 1. The van der Waals surface area contributed by atoms with E-state index in [0.717, 1.165) is 17.9 Å². The summed E-state index contributed by atoms with van der Waals surface area (Å²) in [5, 5.41) is 3.32. The molecule has 2 aromatic heterocycles. The van der Waals surface area contributed by atoms with Gasteiger partial charge in [-0.3, -0.25) is 9.78 Å². The monoisotopic (exact) mass is 393 g/mol. The van der Waals surface area contributed by atoms with Crippen LogP contribution in [0, 0.1) is 0 Å². The molecular weight excluding hydrogens is 370 g/mol. The van der Waals surface area contributed by atoms with Crippen molar-refractivity contribution < 1.29 is 18.7 Å². The zero-order valence-electron chi connectivity index (χ0n) is 16.2. The molecule has 29 heavy (non-hydrogen) atoms. The van der Waals surface area contributed by atoms with Crippen molar-refractivity contribution in [1.29, 1.82) is 0 Å². The van der Waals surface area contributed by atoms with Crippen LogP contribution in [0.15, 0.2) is 65.3 Å². The molecule has 1 fully saturated rings. The van der Waals surface area contributed by atoms with Gasteiger partial charge in [-0.15, -0.1) is 0 Å². The summed E-state index contributed by atoms with van der Waals surface area (Å²) in [6, 6.07) is 14.7. The predicted octanol–water partition coefficient (Wildman–Crippen LogP) is 2.84. The van der Waals surface area contributed by atoms with Crippen molar-refractivity contribution in [3.8, 4) is 22.8 Å². The van der Waals surface area contributed by atoms with E-state index in [0.29, 0.717) is 37.0 Å². The molecule has 0 bridgehead atoms. The van der Waals surface area contributed by atoms with Crippen molar-refractivity contribution in [3.05, 3.63) is 66.7 Å². The Morgan fingerprint density at radius 2 is 2.07 bits per heavy atom. The summed E-state index contributed by atoms with van der Waals surface area (Å²) in [5.74, 6) is 2.29. The van der Waals surface area contributed by atoms with Crippen LogP contribution < -0.4 is 14.8 Å². The van der Waals surface area contributed by atoms with Gasteiger partial charge < -0.3 is 24.1 Å². The molecular formula is C22H23N3O4. The van der Waals surface area contributed by atoms with E-state index in [1.165, 1.54) is 0 Å². The molecule has 1 N–H and O–H groups in total. The third kappa shape index (κ3) is 4.41. The summed E-state index contributed by atoms with van der Waals surface area (Å²) in [4.78, 5) is 18.9. The average molecular weight is 393 g/mol. The van der Waals surface area contributed by atoms with Gasteiger partial charge in [0.05, 0.1) is 19.3 Å². The SMILES string of the molecule is COc1ccc(-c2ccc(C(=O)N3CCNC[C@H]3COc3cccnc3)o2)cc1. The number of hydrogen-bond acceptors (Lipinski definition) is 6. The summed E-state index contributed by atoms with van der Waals surface area (Å²) >= 11 is 0. The van der Waals surface area contributed by atoms with Gasteiger partial charge in [0, 0.05) is 31.4 Å². The minimum Gasteiger partial charge on any atom is -0.497 e. The number of nitrogens with zero attached hydrogens (tertiary/aromatic N) is 2. The van der Waals surface area contributed by atoms with Gasteiger partial charge in [-0.1, -0.05) is 0 Å². The van der Waals surface area contributed by atoms with Gasteiger partial charge in [0.15, 0.2) is 5.76 Å². The highest BCUT2D eigenvalue weighted by molar-refractivity contribution is 5.92. The number of methoxy groups -OCH3 is 1. The Labute approximate surface area is 169 Å². The maximum atomic E-state index is 13.1. The second-order valence-electron chi connectivity index (χ2n) is 6.75. The van der Waals surface area contributed by atoms with Crippen LogP contribution in [-0.4, -0.2) is 55.2 Å². The van der Waals surface area contributed by atoms with Crippen molar-refractivity contribution in [3.63, 3.8) is 0 Å². The van der Waals surface area contributed by atoms with E-state index in [9.17, 15) is 4.79 Å². The molecule has 3 heterocycles. The lowest BCUT2D eigenvalue weighted by Gasteiger charge is -2.35. The second kappa shape index (κ2) is 8.79. The molecule has 0 saturated carbocycles. The Morgan fingerprint density at radius 1 is 1.21 bits per heavy atom. The van der Waals surface area contributed by atoms with Gasteiger partial charge in [-0.05, 0) is 48.5 Å². The lowest BCUT2D eigenvalue weighted by atomic mass is 10.1. The van der Waals surface area contributed by atoms with Gasteiger partial charge >= 0.3 is 0 Å². The van der Waals surface area contributed by atoms with Crippen LogP contribution in [0.4, 0.5) is 0 Å². The number of furan rings is 1. The van der Waals surface area contributed by atoms with Crippen LogP contribution in [0.5, 0.6) is 11.5 Å². The van der Waals surface area contributed by atoms with Gasteiger partial charge in [-0.2, -0.15) is 0 Å². The number of piperazine rings is 1. The number of benzene rings is 1. The Hall–Kier alpha value is -3.32. The summed E-state index contributed by atoms with van der Waals surface area (Å²) < 4.78 is 16.9. The Kier molecular flexibility index (Phi) is 5.76. The van der Waals surface area contributed by atoms with E-state index < -0.39 is 0 Å². The highest BCUT2D eigenvalue weighted by Crippen LogP contribution is 2.25. The molecule has 1 atom stereocenters. The Morgan fingerprint density at radius 3 is 2.83 bits per heavy atom. The molecule has 4 rings (SSSR count). The van der Waals surface area contributed by atoms with Crippen molar-refractivity contribution >= 4 is 5.91 Å². The van der Waals surface area contributed by atoms with E-state index >= 15 is 0 Å². The van der Waals surface area contributed by atoms with Crippen LogP contribution in [0.2, 0.25) is 0 Å². The molecule has 0 unspecified atom stereocenters. The van der Waals surface area contributed by atoms with Crippen LogP contribution >= 0.6 is 0 Å². The standard InChI is InChI=1S/C22H23N3O4/c1-27-18-6-4-16(5-7-18)20-8-9-21(29-20)22(26)25-12-11-24-13-17(25)15-28-19-3-2-10-23-14-19/h2-10,14,17,24H,11-13,15H2,1H3/t17-/m0/s1. The number of rotatable bonds is 6. The van der Waals surface area contributed by atoms with Crippen molar-refractivity contribution in [1.82, 2.24) is 15.2 Å². The minimum atomic E-state index is -0.133. The van der Waals surface area contributed by atoms with Gasteiger partial charge in [0.25, 0.3) is 5.91 Å². The summed E-state index contributed by atoms with van der Waals surface area (Å²) in [6.45, 7) is 2.38. The van der Waals surface area contributed by atoms with Crippen LogP contribution in [0.3, 0.4) is 0 Å². The lowest BCUT2D eigenvalue weighted by Crippen LogP contribution is -2.55. The van der Waals surface area contributed by atoms with E-state index in [1.54, 1.807) is 25.6 Å². The molecule has 0 aliphatic carbocycles. The molecule has 0 spiro atoms. The Balaban J connectivity index is 1.46. The normalized spacial score (nSPS) is 16.4. The average Bonchev–Trinajstić information content (AvgIpc) is 3.28. The molecule has 150 valence electrons. The molecule has 1 aliphatic rings. The molecule has 7 nitrogen and oxygen atoms in total. The first-order chi connectivity index (χ1) is 14.2. The van der Waals surface area contributed by atoms with Gasteiger partial charge in [-0.25, -0.2) is 0 Å². The number of amides is 1. The van der Waals surface area contributed by atoms with Crippen molar-refractivity contribution in [2.75, 3.05) is 33.4 Å². The number of carbonyl (C=O) groups excluding carboxylic acids is 1. The largest absolute Gasteiger partial charge is 0.497 e. The highest BCUT2D eigenvalue weighted by Gasteiger charge is 2.29. The van der Waals surface area contributed by atoms with Gasteiger partial charge in [0.2, 0.25) is 0 Å². The maximum absolute atomic E-state index is 13.1. The third-order valence-electron chi connectivity index (χ3n) is 4.88. The molecule has 1 amide bonds. The van der Waals surface area contributed by atoms with E-state index in [4.69, 9.17) is 13.9 Å². The first kappa shape index (κ1) is 19.0. The maximum Gasteiger partial charge on any atom is 0.290 e. The number of nitrogens with one attached hydrogen (secondary N) is 1. The van der Waals surface area contributed by atoms with E-state index in [-0.39, 0.29) is 11.9 Å². The summed E-state index contributed by atoms with van der Waals surface area (Å²) in [7, 11) is 1.63. The summed E-state index contributed by atoms with van der Waals surface area (Å²) in [6.07, 6.45) is 3.36. The first-order valence-electron chi connectivity index (χ1n) is 9.53. The number of carbonyl (C=O) groups is 1. The zero-order chi connectivity index (χ0) is 20.1. The lowest BCUT2D eigenvalue weighted by molar-refractivity contribution is 0.0529. The highest BCUT2D eigenvalue weighted by atomic mass is 16.5. The van der Waals surface area contributed by atoms with E-state index in [2.05, 4.69) is 10.3 Å². The Bertz CT molecular complexity index is 940. The van der Waals surface area contributed by atoms with Gasteiger partial charge in [0.1, 0.15) is 23.9 Å². The number of ether oxygens (including phenoxy) is 2. The molecule has 1 aromatic carbocycles. The molecule has 7 heteroatoms. The second-order valence-corrected chi connectivity index (χ2v) is 6.75. The summed E-state index contributed by atoms with van der Waals surface area (Å²) in [5.41, 5.74) is 0.890. The predicted molar refractivity (Wildman–Crippen MR) is 108 cm³/mol. The molecule has 3 aromatic rings. The van der Waals surface area contributed by atoms with Crippen molar-refractivity contribution in [2.45, 2.75) is 6.04 Å². The number of pyridine rings is 1. The fraction of sp³-hybridized carbons (Fsp3) is 0.273. The zero-order valence-corrected chi connectivity index (χ0v) is 16.2. The minimum absolute atomic E-state index is 0.0917. The topological polar surface area (TPSA) is 76.8 Å². The molecule has 1 aliphatic heterocycles. The molecule has 1 saturated heterocycles. The fourth-order valence-corrected chi connectivity index (χ4v) is 3.31. The quantitative estimate of drug-likeness (QED) is 0.694. The van der Waals surface area contributed by atoms with Crippen molar-refractivity contribution in [2.24, 2.45) is 0 Å². The van der Waals surface area contributed by atoms with Crippen LogP contribution in [-0.2, 0) is 0 Å².